The van der Waals surface area contributed by atoms with E-state index in [1.54, 1.807) is 63.2 Å². The van der Waals surface area contributed by atoms with Gasteiger partial charge in [0.05, 0.1) is 10.6 Å². The molecule has 1 aliphatic heterocycles. The maximum Gasteiger partial charge on any atom is 0.263 e. The van der Waals surface area contributed by atoms with E-state index in [0.29, 0.717) is 16.7 Å². The predicted molar refractivity (Wildman–Crippen MR) is 122 cm³/mol. The first kappa shape index (κ1) is 23.9. The summed E-state index contributed by atoms with van der Waals surface area (Å²) in [6, 6.07) is 12.3. The van der Waals surface area contributed by atoms with Crippen molar-refractivity contribution >= 4 is 31.8 Å². The van der Waals surface area contributed by atoms with Crippen LogP contribution in [0.4, 0.5) is 0 Å². The number of nitrogens with zero attached hydrogens (tertiary/aromatic N) is 1. The number of carbonyl (C=O) groups is 1. The molecule has 0 aliphatic carbocycles. The van der Waals surface area contributed by atoms with Crippen molar-refractivity contribution in [2.24, 2.45) is 4.99 Å². The normalized spacial score (nSPS) is 17.1. The largest absolute Gasteiger partial charge is 0.350 e. The highest BCUT2D eigenvalue weighted by Gasteiger charge is 2.31. The van der Waals surface area contributed by atoms with Crippen LogP contribution in [0.5, 0.6) is 0 Å². The first-order valence-electron chi connectivity index (χ1n) is 10.0. The second kappa shape index (κ2) is 9.39. The molecular weight excluding hydrogens is 452 g/mol. The van der Waals surface area contributed by atoms with Gasteiger partial charge in [0.25, 0.3) is 10.0 Å². The molecule has 0 aromatic heterocycles. The summed E-state index contributed by atoms with van der Waals surface area (Å²) in [7, 11) is -7.20. The number of fused-ring (bicyclic) bond motifs is 1. The van der Waals surface area contributed by atoms with E-state index in [1.165, 1.54) is 6.07 Å². The third-order valence-corrected chi connectivity index (χ3v) is 7.62. The minimum Gasteiger partial charge on any atom is -0.350 e. The summed E-state index contributed by atoms with van der Waals surface area (Å²) in [5.74, 6) is -0.498. The number of hydrogen-bond acceptors (Lipinski definition) is 6. The predicted octanol–water partition coefficient (Wildman–Crippen LogP) is 1.26. The third-order valence-electron chi connectivity index (χ3n) is 4.70. The smallest absolute Gasteiger partial charge is 0.263 e. The molecule has 32 heavy (non-hydrogen) atoms. The van der Waals surface area contributed by atoms with Crippen LogP contribution in [0.3, 0.4) is 0 Å². The zero-order chi connectivity index (χ0) is 23.5. The first-order valence-corrected chi connectivity index (χ1v) is 13.2. The van der Waals surface area contributed by atoms with Crippen LogP contribution in [0.1, 0.15) is 37.5 Å². The van der Waals surface area contributed by atoms with Gasteiger partial charge in [-0.25, -0.2) is 21.6 Å². The lowest BCUT2D eigenvalue weighted by molar-refractivity contribution is -0.122. The summed E-state index contributed by atoms with van der Waals surface area (Å²) in [5.41, 5.74) is 1.67. The van der Waals surface area contributed by atoms with Crippen molar-refractivity contribution < 1.29 is 21.6 Å². The Morgan fingerprint density at radius 2 is 1.66 bits per heavy atom. The molecule has 11 heteroatoms. The summed E-state index contributed by atoms with van der Waals surface area (Å²) in [4.78, 5) is 17.0. The molecule has 3 rings (SSSR count). The van der Waals surface area contributed by atoms with Gasteiger partial charge < -0.3 is 5.32 Å². The summed E-state index contributed by atoms with van der Waals surface area (Å²) < 4.78 is 53.9. The number of rotatable bonds is 8. The molecule has 0 unspecified atom stereocenters. The third kappa shape index (κ3) is 5.72. The summed E-state index contributed by atoms with van der Waals surface area (Å²) >= 11 is 0. The van der Waals surface area contributed by atoms with Crippen molar-refractivity contribution in [2.75, 3.05) is 0 Å². The van der Waals surface area contributed by atoms with Crippen LogP contribution in [0.15, 0.2) is 58.4 Å². The van der Waals surface area contributed by atoms with Crippen LogP contribution in [0, 0.1) is 0 Å². The highest BCUT2D eigenvalue weighted by atomic mass is 32.2. The van der Waals surface area contributed by atoms with Crippen LogP contribution in [-0.4, -0.2) is 40.7 Å². The SMILES string of the molecule is CC(C)NS(=O)(=O)Cc1ccccc1CNC(=O)[C@H](C)N=C1NS(=O)(=O)c2ccccc21. The minimum atomic E-state index is -3.69. The molecule has 3 N–H and O–H groups in total. The Bertz CT molecular complexity index is 1250. The molecular formula is C21H26N4O5S2. The zero-order valence-electron chi connectivity index (χ0n) is 18.0. The molecule has 0 saturated heterocycles. The van der Waals surface area contributed by atoms with Gasteiger partial charge in [0.1, 0.15) is 11.9 Å². The summed E-state index contributed by atoms with van der Waals surface area (Å²) in [5, 5.41) is 2.75. The van der Waals surface area contributed by atoms with Gasteiger partial charge in [0.2, 0.25) is 15.9 Å². The van der Waals surface area contributed by atoms with Crippen molar-refractivity contribution in [3.8, 4) is 0 Å². The lowest BCUT2D eigenvalue weighted by atomic mass is 10.1. The standard InChI is InChI=1S/C21H26N4O5S2/c1-14(2)24-31(27,28)13-17-9-5-4-8-16(17)12-22-21(26)15(3)23-20-18-10-6-7-11-19(18)32(29,30)25-20/h4-11,14-15,24H,12-13H2,1-3H3,(H,22,26)(H,23,25)/t15-/m0/s1. The number of nitrogens with one attached hydrogen (secondary N) is 3. The Morgan fingerprint density at radius 1 is 1.03 bits per heavy atom. The fraction of sp³-hybridized carbons (Fsp3) is 0.333. The van der Waals surface area contributed by atoms with E-state index in [1.807, 2.05) is 0 Å². The van der Waals surface area contributed by atoms with Gasteiger partial charge in [0.15, 0.2) is 0 Å². The highest BCUT2D eigenvalue weighted by molar-refractivity contribution is 7.90. The number of carbonyl (C=O) groups excluding carboxylic acids is 1. The molecule has 2 aromatic carbocycles. The molecule has 1 atom stereocenters. The van der Waals surface area contributed by atoms with Gasteiger partial charge >= 0.3 is 0 Å². The Kier molecular flexibility index (Phi) is 7.01. The van der Waals surface area contributed by atoms with Crippen LogP contribution < -0.4 is 14.8 Å². The van der Waals surface area contributed by atoms with E-state index in [2.05, 4.69) is 19.8 Å². The van der Waals surface area contributed by atoms with Crippen molar-refractivity contribution in [3.63, 3.8) is 0 Å². The average Bonchev–Trinajstić information content (AvgIpc) is 2.96. The maximum absolute atomic E-state index is 12.6. The van der Waals surface area contributed by atoms with Crippen LogP contribution in [-0.2, 0) is 37.1 Å². The van der Waals surface area contributed by atoms with E-state index in [-0.39, 0.29) is 29.1 Å². The van der Waals surface area contributed by atoms with Gasteiger partial charge in [0, 0.05) is 18.2 Å². The van der Waals surface area contributed by atoms with Gasteiger partial charge in [-0.1, -0.05) is 36.4 Å². The molecule has 1 amide bonds. The lowest BCUT2D eigenvalue weighted by Gasteiger charge is -2.14. The van der Waals surface area contributed by atoms with Gasteiger partial charge in [-0.3, -0.25) is 14.5 Å². The quantitative estimate of drug-likeness (QED) is 0.525. The van der Waals surface area contributed by atoms with Crippen LogP contribution >= 0.6 is 0 Å². The number of sulfonamides is 2. The molecule has 2 aromatic rings. The highest BCUT2D eigenvalue weighted by Crippen LogP contribution is 2.22. The Labute approximate surface area is 188 Å². The number of hydrogen-bond donors (Lipinski definition) is 3. The van der Waals surface area contributed by atoms with Crippen molar-refractivity contribution in [1.29, 1.82) is 0 Å². The Balaban J connectivity index is 1.70. The summed E-state index contributed by atoms with van der Waals surface area (Å²) in [6.07, 6.45) is 0. The molecule has 1 heterocycles. The van der Waals surface area contributed by atoms with E-state index < -0.39 is 32.0 Å². The maximum atomic E-state index is 12.6. The zero-order valence-corrected chi connectivity index (χ0v) is 19.6. The fourth-order valence-electron chi connectivity index (χ4n) is 3.29. The van der Waals surface area contributed by atoms with Crippen LogP contribution in [0.2, 0.25) is 0 Å². The molecule has 0 spiro atoms. The topological polar surface area (TPSA) is 134 Å². The molecule has 0 bridgehead atoms. The van der Waals surface area contributed by atoms with Gasteiger partial charge in [-0.2, -0.15) is 0 Å². The second-order valence-corrected chi connectivity index (χ2v) is 11.2. The van der Waals surface area contributed by atoms with E-state index in [4.69, 9.17) is 0 Å². The van der Waals surface area contributed by atoms with E-state index in [9.17, 15) is 21.6 Å². The van der Waals surface area contributed by atoms with Gasteiger partial charge in [-0.05, 0) is 44.0 Å². The fourth-order valence-corrected chi connectivity index (χ4v) is 6.02. The minimum absolute atomic E-state index is 0.115. The number of aliphatic imine (C=N–C) groups is 1. The molecule has 0 radical (unpaired) electrons. The Hall–Kier alpha value is -2.76. The molecule has 0 fully saturated rings. The molecule has 0 saturated carbocycles. The van der Waals surface area contributed by atoms with Crippen molar-refractivity contribution in [1.82, 2.24) is 14.8 Å². The molecule has 1 aliphatic rings. The molecule has 172 valence electrons. The first-order chi connectivity index (χ1) is 15.0. The van der Waals surface area contributed by atoms with E-state index in [0.717, 1.165) is 0 Å². The average molecular weight is 479 g/mol. The monoisotopic (exact) mass is 478 g/mol. The lowest BCUT2D eigenvalue weighted by Crippen LogP contribution is -2.34. The second-order valence-electron chi connectivity index (χ2n) is 7.77. The summed E-state index contributed by atoms with van der Waals surface area (Å²) in [6.45, 7) is 5.16. The number of amides is 1. The van der Waals surface area contributed by atoms with Crippen molar-refractivity contribution in [3.05, 3.63) is 65.2 Å². The number of amidine groups is 1. The number of benzene rings is 2. The van der Waals surface area contributed by atoms with Crippen molar-refractivity contribution in [2.45, 2.75) is 50.0 Å². The van der Waals surface area contributed by atoms with E-state index >= 15 is 0 Å². The van der Waals surface area contributed by atoms with Crippen LogP contribution in [0.25, 0.3) is 0 Å². The Morgan fingerprint density at radius 3 is 2.34 bits per heavy atom. The van der Waals surface area contributed by atoms with Gasteiger partial charge in [-0.15, -0.1) is 0 Å². The molecule has 9 nitrogen and oxygen atoms in total.